The van der Waals surface area contributed by atoms with Gasteiger partial charge < -0.3 is 9.88 Å². The Hall–Kier alpha value is -2.13. The number of nitrogens with one attached hydrogen (secondary N) is 1. The van der Waals surface area contributed by atoms with E-state index < -0.39 is 0 Å². The van der Waals surface area contributed by atoms with Gasteiger partial charge in [-0.15, -0.1) is 0 Å². The predicted octanol–water partition coefficient (Wildman–Crippen LogP) is 4.48. The van der Waals surface area contributed by atoms with Crippen molar-refractivity contribution in [1.82, 2.24) is 14.9 Å². The molecule has 0 fully saturated rings. The molecule has 1 unspecified atom stereocenters. The molecule has 1 aliphatic rings. The highest BCUT2D eigenvalue weighted by atomic mass is 15.0. The van der Waals surface area contributed by atoms with E-state index in [-0.39, 0.29) is 0 Å². The minimum absolute atomic E-state index is 0.627. The van der Waals surface area contributed by atoms with Crippen molar-refractivity contribution >= 4 is 10.9 Å². The third-order valence-electron chi connectivity index (χ3n) is 5.43. The van der Waals surface area contributed by atoms with Crippen molar-refractivity contribution in [3.8, 4) is 0 Å². The fraction of sp³-hybridized carbons (Fsp3) is 0.409. The van der Waals surface area contributed by atoms with Gasteiger partial charge in [-0.2, -0.15) is 0 Å². The summed E-state index contributed by atoms with van der Waals surface area (Å²) >= 11 is 0. The summed E-state index contributed by atoms with van der Waals surface area (Å²) in [6.45, 7) is 4.26. The van der Waals surface area contributed by atoms with Crippen LogP contribution in [0.25, 0.3) is 10.9 Å². The minimum atomic E-state index is 0.627. The Morgan fingerprint density at radius 1 is 1.16 bits per heavy atom. The lowest BCUT2D eigenvalue weighted by Crippen LogP contribution is -2.36. The van der Waals surface area contributed by atoms with Gasteiger partial charge in [0.25, 0.3) is 0 Å². The van der Waals surface area contributed by atoms with Crippen LogP contribution in [0.2, 0.25) is 0 Å². The van der Waals surface area contributed by atoms with Crippen molar-refractivity contribution < 1.29 is 0 Å². The molecule has 4 rings (SSSR count). The molecule has 0 saturated carbocycles. The number of nitrogens with zero attached hydrogens (tertiary/aromatic N) is 2. The van der Waals surface area contributed by atoms with Crippen LogP contribution >= 0.6 is 0 Å². The van der Waals surface area contributed by atoms with Gasteiger partial charge in [0.2, 0.25) is 0 Å². The molecular formula is C22H27N3. The molecule has 3 aromatic rings. The van der Waals surface area contributed by atoms with Crippen LogP contribution < -0.4 is 5.32 Å². The first-order valence-electron chi connectivity index (χ1n) is 9.59. The predicted molar refractivity (Wildman–Crippen MR) is 104 cm³/mol. The quantitative estimate of drug-likeness (QED) is 0.720. The molecule has 0 amide bonds. The van der Waals surface area contributed by atoms with Crippen LogP contribution in [0.4, 0.5) is 0 Å². The van der Waals surface area contributed by atoms with E-state index in [1.54, 1.807) is 5.56 Å². The van der Waals surface area contributed by atoms with Gasteiger partial charge in [0.15, 0.2) is 0 Å². The largest absolute Gasteiger partial charge is 0.343 e. The molecule has 0 bridgehead atoms. The number of hydrogen-bond donors (Lipinski definition) is 1. The van der Waals surface area contributed by atoms with Crippen molar-refractivity contribution in [3.63, 3.8) is 0 Å². The zero-order chi connectivity index (χ0) is 17.1. The summed E-state index contributed by atoms with van der Waals surface area (Å²) < 4.78 is 2.52. The number of aryl methyl sites for hydroxylation is 2. The Balaban J connectivity index is 1.64. The minimum Gasteiger partial charge on any atom is -0.343 e. The van der Waals surface area contributed by atoms with Crippen LogP contribution in [0.1, 0.15) is 43.1 Å². The summed E-state index contributed by atoms with van der Waals surface area (Å²) in [6, 6.07) is 15.7. The van der Waals surface area contributed by atoms with Crippen LogP contribution in [0.5, 0.6) is 0 Å². The SMILES string of the molecule is CCCCC1Cc2c(n(CCc3ccccn3)c3ccccc23)CN1. The number of hydrogen-bond acceptors (Lipinski definition) is 2. The molecule has 0 saturated heterocycles. The average Bonchev–Trinajstić information content (AvgIpc) is 2.99. The van der Waals surface area contributed by atoms with E-state index in [1.807, 2.05) is 12.3 Å². The maximum absolute atomic E-state index is 4.49. The van der Waals surface area contributed by atoms with E-state index in [4.69, 9.17) is 0 Å². The van der Waals surface area contributed by atoms with Crippen molar-refractivity contribution in [2.75, 3.05) is 0 Å². The number of benzene rings is 1. The van der Waals surface area contributed by atoms with Gasteiger partial charge in [0.05, 0.1) is 0 Å². The number of aromatic nitrogens is 2. The van der Waals surface area contributed by atoms with E-state index in [2.05, 4.69) is 58.2 Å². The molecule has 3 nitrogen and oxygen atoms in total. The highest BCUT2D eigenvalue weighted by Gasteiger charge is 2.24. The first-order chi connectivity index (χ1) is 12.4. The molecule has 3 heteroatoms. The molecule has 0 radical (unpaired) electrons. The summed E-state index contributed by atoms with van der Waals surface area (Å²) in [7, 11) is 0. The van der Waals surface area contributed by atoms with E-state index >= 15 is 0 Å². The molecule has 1 aliphatic heterocycles. The zero-order valence-electron chi connectivity index (χ0n) is 15.0. The molecule has 2 aromatic heterocycles. The fourth-order valence-corrected chi connectivity index (χ4v) is 4.10. The van der Waals surface area contributed by atoms with Gasteiger partial charge in [-0.1, -0.05) is 44.0 Å². The van der Waals surface area contributed by atoms with E-state index in [1.165, 1.54) is 41.6 Å². The number of pyridine rings is 1. The third kappa shape index (κ3) is 3.34. The normalized spacial score (nSPS) is 16.9. The number of unbranched alkanes of at least 4 members (excludes halogenated alkanes) is 1. The standard InChI is InChI=1S/C22H27N3/c1-2-3-8-18-15-20-19-10-4-5-11-21(19)25(22(20)16-24-18)14-12-17-9-6-7-13-23-17/h4-7,9-11,13,18,24H,2-3,8,12,14-16H2,1H3. The van der Waals surface area contributed by atoms with Gasteiger partial charge in [-0.25, -0.2) is 0 Å². The first-order valence-corrected chi connectivity index (χ1v) is 9.59. The Bertz CT molecular complexity index is 835. The second-order valence-corrected chi connectivity index (χ2v) is 7.09. The molecule has 1 aromatic carbocycles. The topological polar surface area (TPSA) is 29.9 Å². The first kappa shape index (κ1) is 16.3. The Labute approximate surface area is 150 Å². The molecule has 1 atom stereocenters. The lowest BCUT2D eigenvalue weighted by Gasteiger charge is -2.25. The van der Waals surface area contributed by atoms with Crippen LogP contribution in [-0.2, 0) is 25.9 Å². The summed E-state index contributed by atoms with van der Waals surface area (Å²) in [5.41, 5.74) is 5.58. The van der Waals surface area contributed by atoms with Gasteiger partial charge in [0.1, 0.15) is 0 Å². The molecule has 3 heterocycles. The smallest absolute Gasteiger partial charge is 0.0485 e. The Kier molecular flexibility index (Phi) is 4.84. The van der Waals surface area contributed by atoms with Crippen molar-refractivity contribution in [2.24, 2.45) is 0 Å². The monoisotopic (exact) mass is 333 g/mol. The van der Waals surface area contributed by atoms with Gasteiger partial charge >= 0.3 is 0 Å². The number of fused-ring (bicyclic) bond motifs is 3. The summed E-state index contributed by atoms with van der Waals surface area (Å²) in [6.07, 6.45) is 7.89. The zero-order valence-corrected chi connectivity index (χ0v) is 15.0. The maximum atomic E-state index is 4.49. The summed E-state index contributed by atoms with van der Waals surface area (Å²) in [4.78, 5) is 4.49. The van der Waals surface area contributed by atoms with Crippen molar-refractivity contribution in [1.29, 1.82) is 0 Å². The van der Waals surface area contributed by atoms with E-state index in [9.17, 15) is 0 Å². The highest BCUT2D eigenvalue weighted by Crippen LogP contribution is 2.31. The van der Waals surface area contributed by atoms with Crippen molar-refractivity contribution in [3.05, 3.63) is 65.6 Å². The van der Waals surface area contributed by atoms with Gasteiger partial charge in [-0.05, 0) is 36.6 Å². The molecule has 1 N–H and O–H groups in total. The van der Waals surface area contributed by atoms with Crippen LogP contribution in [-0.4, -0.2) is 15.6 Å². The highest BCUT2D eigenvalue weighted by molar-refractivity contribution is 5.86. The molecule has 0 spiro atoms. The maximum Gasteiger partial charge on any atom is 0.0485 e. The van der Waals surface area contributed by atoms with Crippen molar-refractivity contribution in [2.45, 2.75) is 58.2 Å². The molecular weight excluding hydrogens is 306 g/mol. The van der Waals surface area contributed by atoms with Gasteiger partial charge in [-0.3, -0.25) is 4.98 Å². The number of rotatable bonds is 6. The Morgan fingerprint density at radius 2 is 2.04 bits per heavy atom. The lowest BCUT2D eigenvalue weighted by molar-refractivity contribution is 0.428. The fourth-order valence-electron chi connectivity index (χ4n) is 4.10. The second kappa shape index (κ2) is 7.40. The third-order valence-corrected chi connectivity index (χ3v) is 5.43. The van der Waals surface area contributed by atoms with E-state index in [0.29, 0.717) is 6.04 Å². The average molecular weight is 333 g/mol. The molecule has 130 valence electrons. The van der Waals surface area contributed by atoms with Crippen LogP contribution in [0.3, 0.4) is 0 Å². The second-order valence-electron chi connectivity index (χ2n) is 7.09. The molecule has 25 heavy (non-hydrogen) atoms. The lowest BCUT2D eigenvalue weighted by atomic mass is 9.95. The summed E-state index contributed by atoms with van der Waals surface area (Å²) in [5, 5.41) is 5.22. The Morgan fingerprint density at radius 3 is 2.88 bits per heavy atom. The van der Waals surface area contributed by atoms with Crippen LogP contribution in [0, 0.1) is 0 Å². The van der Waals surface area contributed by atoms with Crippen LogP contribution in [0.15, 0.2) is 48.7 Å². The number of para-hydroxylation sites is 1. The molecule has 0 aliphatic carbocycles. The van der Waals surface area contributed by atoms with E-state index in [0.717, 1.165) is 25.9 Å². The van der Waals surface area contributed by atoms with Gasteiger partial charge in [0, 0.05) is 54.0 Å². The summed E-state index contributed by atoms with van der Waals surface area (Å²) in [5.74, 6) is 0.